The van der Waals surface area contributed by atoms with Crippen LogP contribution < -0.4 is 8.92 Å². The molecule has 1 amide bonds. The number of amides is 1. The molecule has 0 atom stereocenters. The Balaban J connectivity index is 1.60. The minimum atomic E-state index is -4.08. The van der Waals surface area contributed by atoms with Gasteiger partial charge >= 0.3 is 10.1 Å². The molecule has 0 unspecified atom stereocenters. The van der Waals surface area contributed by atoms with Crippen LogP contribution in [0.1, 0.15) is 16.7 Å². The van der Waals surface area contributed by atoms with Gasteiger partial charge in [-0.3, -0.25) is 9.69 Å². The van der Waals surface area contributed by atoms with Gasteiger partial charge in [-0.15, -0.1) is 0 Å². The van der Waals surface area contributed by atoms with Gasteiger partial charge in [0.1, 0.15) is 9.22 Å². The van der Waals surface area contributed by atoms with Gasteiger partial charge in [0, 0.05) is 0 Å². The van der Waals surface area contributed by atoms with E-state index in [2.05, 4.69) is 15.9 Å². The molecule has 180 valence electrons. The van der Waals surface area contributed by atoms with Crippen molar-refractivity contribution < 1.29 is 22.1 Å². The number of hydrogen-bond donors (Lipinski definition) is 0. The van der Waals surface area contributed by atoms with Crippen LogP contribution in [0, 0.1) is 6.92 Å². The van der Waals surface area contributed by atoms with Crippen molar-refractivity contribution >= 4 is 66.3 Å². The molecule has 1 saturated heterocycles. The highest BCUT2D eigenvalue weighted by Gasteiger charge is 2.32. The topological polar surface area (TPSA) is 72.9 Å². The lowest BCUT2D eigenvalue weighted by atomic mass is 10.1. The van der Waals surface area contributed by atoms with Gasteiger partial charge in [-0.05, 0) is 64.3 Å². The molecule has 1 aliphatic heterocycles. The summed E-state index contributed by atoms with van der Waals surface area (Å²) in [7, 11) is -2.67. The molecule has 0 N–H and O–H groups in total. The molecule has 6 nitrogen and oxygen atoms in total. The first-order chi connectivity index (χ1) is 16.7. The Bertz CT molecular complexity index is 1420. The molecule has 3 aromatic rings. The Kier molecular flexibility index (Phi) is 7.65. The van der Waals surface area contributed by atoms with Crippen LogP contribution in [0.2, 0.25) is 0 Å². The van der Waals surface area contributed by atoms with Gasteiger partial charge in [0.2, 0.25) is 0 Å². The third kappa shape index (κ3) is 5.78. The number of methoxy groups -OCH3 is 1. The van der Waals surface area contributed by atoms with Crippen LogP contribution in [0.15, 0.2) is 81.0 Å². The monoisotopic (exact) mass is 589 g/mol. The molecule has 0 spiro atoms. The number of thiocarbonyl (C=S) groups is 1. The molecular weight excluding hydrogens is 570 g/mol. The molecule has 0 saturated carbocycles. The Morgan fingerprint density at radius 3 is 2.43 bits per heavy atom. The fraction of sp³-hybridized carbons (Fsp3) is 0.120. The fourth-order valence-corrected chi connectivity index (χ4v) is 6.18. The summed E-state index contributed by atoms with van der Waals surface area (Å²) in [6.45, 7) is 2.25. The van der Waals surface area contributed by atoms with Gasteiger partial charge in [0.05, 0.1) is 23.0 Å². The summed E-state index contributed by atoms with van der Waals surface area (Å²) in [5, 5.41) is 0. The number of carbonyl (C=O) groups excluding carboxylic acids is 1. The van der Waals surface area contributed by atoms with E-state index in [1.54, 1.807) is 35.2 Å². The van der Waals surface area contributed by atoms with Gasteiger partial charge in [-0.1, -0.05) is 72.0 Å². The highest BCUT2D eigenvalue weighted by Crippen LogP contribution is 2.40. The maximum Gasteiger partial charge on any atom is 0.339 e. The molecule has 0 aliphatic carbocycles. The first-order valence-electron chi connectivity index (χ1n) is 10.4. The smallest absolute Gasteiger partial charge is 0.339 e. The fourth-order valence-electron chi connectivity index (χ4n) is 3.32. The van der Waals surface area contributed by atoms with E-state index < -0.39 is 10.1 Å². The molecule has 3 aromatic carbocycles. The Morgan fingerprint density at radius 1 is 1.09 bits per heavy atom. The summed E-state index contributed by atoms with van der Waals surface area (Å²) in [6, 6.07) is 19.2. The number of thioether (sulfide) groups is 1. The SMILES string of the molecule is COc1cc(/C=C2\SC(=S)N(Cc3ccccc3)C2=O)cc(Br)c1OS(=O)(=O)c1ccc(C)cc1. The lowest BCUT2D eigenvalue weighted by molar-refractivity contribution is -0.122. The van der Waals surface area contributed by atoms with Crippen LogP contribution >= 0.6 is 39.9 Å². The third-order valence-electron chi connectivity index (χ3n) is 5.11. The first-order valence-corrected chi connectivity index (χ1v) is 13.8. The zero-order valence-electron chi connectivity index (χ0n) is 18.7. The largest absolute Gasteiger partial charge is 0.493 e. The first kappa shape index (κ1) is 25.4. The van der Waals surface area contributed by atoms with Crippen molar-refractivity contribution in [2.24, 2.45) is 0 Å². The normalized spacial score (nSPS) is 15.1. The van der Waals surface area contributed by atoms with Gasteiger partial charge in [0.15, 0.2) is 11.5 Å². The van der Waals surface area contributed by atoms with Crippen LogP contribution in [0.3, 0.4) is 0 Å². The Hall–Kier alpha value is -2.66. The van der Waals surface area contributed by atoms with E-state index in [1.165, 1.54) is 31.0 Å². The van der Waals surface area contributed by atoms with E-state index in [9.17, 15) is 13.2 Å². The molecule has 1 aliphatic rings. The number of halogens is 1. The zero-order valence-corrected chi connectivity index (χ0v) is 22.8. The number of ether oxygens (including phenoxy) is 1. The van der Waals surface area contributed by atoms with Gasteiger partial charge in [0.25, 0.3) is 5.91 Å². The Morgan fingerprint density at radius 2 is 1.77 bits per heavy atom. The molecule has 35 heavy (non-hydrogen) atoms. The van der Waals surface area contributed by atoms with Crippen molar-refractivity contribution in [3.8, 4) is 11.5 Å². The zero-order chi connectivity index (χ0) is 25.2. The number of carbonyl (C=O) groups is 1. The molecule has 0 radical (unpaired) electrons. The number of aryl methyl sites for hydroxylation is 1. The van der Waals surface area contributed by atoms with E-state index >= 15 is 0 Å². The van der Waals surface area contributed by atoms with Crippen molar-refractivity contribution in [2.75, 3.05) is 7.11 Å². The van der Waals surface area contributed by atoms with Crippen LogP contribution in [-0.4, -0.2) is 30.7 Å². The number of benzene rings is 3. The molecular formula is C25H20BrNO5S3. The second-order valence-corrected chi connectivity index (χ2v) is 11.7. The molecule has 1 fully saturated rings. The lowest BCUT2D eigenvalue weighted by Gasteiger charge is -2.14. The standard InChI is InChI=1S/C25H20BrNO5S3/c1-16-8-10-19(11-9-16)35(29,30)32-23-20(26)12-18(13-21(23)31-2)14-22-24(28)27(25(33)34-22)15-17-6-4-3-5-7-17/h3-14H,15H2,1-2H3/b22-14-. The van der Waals surface area contributed by atoms with Crippen LogP contribution in [0.5, 0.6) is 11.5 Å². The number of hydrogen-bond acceptors (Lipinski definition) is 7. The predicted octanol–water partition coefficient (Wildman–Crippen LogP) is 5.94. The highest BCUT2D eigenvalue weighted by molar-refractivity contribution is 9.10. The summed E-state index contributed by atoms with van der Waals surface area (Å²) in [5.41, 5.74) is 2.53. The highest BCUT2D eigenvalue weighted by atomic mass is 79.9. The Labute approximate surface area is 222 Å². The van der Waals surface area contributed by atoms with E-state index in [-0.39, 0.29) is 22.3 Å². The summed E-state index contributed by atoms with van der Waals surface area (Å²) >= 11 is 10.0. The number of nitrogens with zero attached hydrogens (tertiary/aromatic N) is 1. The lowest BCUT2D eigenvalue weighted by Crippen LogP contribution is -2.27. The van der Waals surface area contributed by atoms with E-state index in [4.69, 9.17) is 21.1 Å². The van der Waals surface area contributed by atoms with Gasteiger partial charge in [-0.25, -0.2) is 0 Å². The van der Waals surface area contributed by atoms with Crippen LogP contribution in [-0.2, 0) is 21.5 Å². The molecule has 10 heteroatoms. The van der Waals surface area contributed by atoms with Crippen molar-refractivity contribution in [1.29, 1.82) is 0 Å². The maximum atomic E-state index is 13.0. The summed E-state index contributed by atoms with van der Waals surface area (Å²) in [4.78, 5) is 15.0. The second kappa shape index (κ2) is 10.5. The quantitative estimate of drug-likeness (QED) is 0.192. The maximum absolute atomic E-state index is 13.0. The van der Waals surface area contributed by atoms with Crippen molar-refractivity contribution in [2.45, 2.75) is 18.4 Å². The second-order valence-electron chi connectivity index (χ2n) is 7.64. The minimum Gasteiger partial charge on any atom is -0.493 e. The van der Waals surface area contributed by atoms with E-state index in [1.807, 2.05) is 37.3 Å². The van der Waals surface area contributed by atoms with Gasteiger partial charge in [-0.2, -0.15) is 8.42 Å². The van der Waals surface area contributed by atoms with E-state index in [0.29, 0.717) is 25.8 Å². The number of rotatable bonds is 7. The predicted molar refractivity (Wildman–Crippen MR) is 145 cm³/mol. The molecule has 4 rings (SSSR count). The molecule has 1 heterocycles. The average Bonchev–Trinajstić information content (AvgIpc) is 3.08. The van der Waals surface area contributed by atoms with Crippen molar-refractivity contribution in [3.63, 3.8) is 0 Å². The van der Waals surface area contributed by atoms with Crippen molar-refractivity contribution in [3.05, 3.63) is 92.8 Å². The van der Waals surface area contributed by atoms with Crippen LogP contribution in [0.25, 0.3) is 6.08 Å². The summed E-state index contributed by atoms with van der Waals surface area (Å²) < 4.78 is 37.2. The van der Waals surface area contributed by atoms with Crippen molar-refractivity contribution in [1.82, 2.24) is 4.90 Å². The third-order valence-corrected chi connectivity index (χ3v) is 8.31. The van der Waals surface area contributed by atoms with Crippen LogP contribution in [0.4, 0.5) is 0 Å². The average molecular weight is 591 g/mol. The van der Waals surface area contributed by atoms with E-state index in [0.717, 1.165) is 11.1 Å². The minimum absolute atomic E-state index is 0.0156. The summed E-state index contributed by atoms with van der Waals surface area (Å²) in [6.07, 6.45) is 1.69. The van der Waals surface area contributed by atoms with Gasteiger partial charge < -0.3 is 8.92 Å². The molecule has 0 aromatic heterocycles. The molecule has 0 bridgehead atoms. The summed E-state index contributed by atoms with van der Waals surface area (Å²) in [5.74, 6) is 0.0177.